The van der Waals surface area contributed by atoms with Crippen molar-refractivity contribution in [2.24, 2.45) is 11.3 Å². The van der Waals surface area contributed by atoms with Crippen molar-refractivity contribution >= 4 is 15.8 Å². The average molecular weight is 316 g/mol. The fourth-order valence-corrected chi connectivity index (χ4v) is 5.86. The lowest BCUT2D eigenvalue weighted by Crippen LogP contribution is -2.60. The molecule has 2 saturated carbocycles. The predicted octanol–water partition coefficient (Wildman–Crippen LogP) is 1.35. The second kappa shape index (κ2) is 5.32. The van der Waals surface area contributed by atoms with Crippen molar-refractivity contribution in [1.82, 2.24) is 9.21 Å². The lowest BCUT2D eigenvalue weighted by atomic mass is 9.75. The minimum Gasteiger partial charge on any atom is -0.309 e. The molecule has 0 aromatic rings. The smallest absolute Gasteiger partial charge is 0.212 e. The van der Waals surface area contributed by atoms with E-state index in [0.29, 0.717) is 25.3 Å². The highest BCUT2D eigenvalue weighted by atomic mass is 32.2. The fourth-order valence-electron chi connectivity index (χ4n) is 4.41. The van der Waals surface area contributed by atoms with Gasteiger partial charge in [0.05, 0.1) is 11.8 Å². The summed E-state index contributed by atoms with van der Waals surface area (Å²) >= 11 is 0. The van der Waals surface area contributed by atoms with E-state index in [-0.39, 0.29) is 11.2 Å². The number of carbonyl (C=O) groups excluding carboxylic acids is 1. The highest BCUT2D eigenvalue weighted by Crippen LogP contribution is 2.61. The molecule has 0 amide bonds. The second-order valence-corrected chi connectivity index (χ2v) is 9.34. The Hall–Kier alpha value is -0.460. The van der Waals surface area contributed by atoms with Crippen molar-refractivity contribution in [3.63, 3.8) is 0 Å². The summed E-state index contributed by atoms with van der Waals surface area (Å²) in [4.78, 5) is 14.7. The lowest BCUT2D eigenvalue weighted by Gasteiger charge is -2.44. The fraction of sp³-hybridized carbons (Fsp3) is 0.933. The van der Waals surface area contributed by atoms with Gasteiger partial charge in [0, 0.05) is 13.0 Å². The Balaban J connectivity index is 2.34. The zero-order chi connectivity index (χ0) is 16.1. The van der Waals surface area contributed by atoms with E-state index in [9.17, 15) is 13.2 Å². The maximum atomic E-state index is 12.6. The highest BCUT2D eigenvalue weighted by Gasteiger charge is 2.68. The van der Waals surface area contributed by atoms with Crippen molar-refractivity contribution < 1.29 is 13.2 Å². The maximum absolute atomic E-state index is 12.6. The Labute approximate surface area is 128 Å². The van der Waals surface area contributed by atoms with E-state index in [0.717, 1.165) is 19.4 Å². The van der Waals surface area contributed by atoms with Crippen LogP contribution in [-0.2, 0) is 14.8 Å². The van der Waals surface area contributed by atoms with Gasteiger partial charge in [-0.1, -0.05) is 13.8 Å². The molecule has 2 aliphatic rings. The topological polar surface area (TPSA) is 57.7 Å². The molecule has 21 heavy (non-hydrogen) atoms. The zero-order valence-corrected chi connectivity index (χ0v) is 14.7. The van der Waals surface area contributed by atoms with Crippen LogP contribution in [0.5, 0.6) is 0 Å². The molecule has 122 valence electrons. The summed E-state index contributed by atoms with van der Waals surface area (Å²) in [6.07, 6.45) is 4.16. The van der Waals surface area contributed by atoms with Crippen LogP contribution in [0.1, 0.15) is 39.5 Å². The molecular weight excluding hydrogens is 288 g/mol. The van der Waals surface area contributed by atoms with Gasteiger partial charge in [-0.25, -0.2) is 8.42 Å². The molecule has 0 spiro atoms. The Bertz CT molecular complexity index is 527. The number of rotatable bonds is 6. The van der Waals surface area contributed by atoms with Gasteiger partial charge in [0.15, 0.2) is 5.78 Å². The van der Waals surface area contributed by atoms with Crippen LogP contribution >= 0.6 is 0 Å². The van der Waals surface area contributed by atoms with Crippen LogP contribution in [0.15, 0.2) is 0 Å². The monoisotopic (exact) mass is 316 g/mol. The Morgan fingerprint density at radius 3 is 2.24 bits per heavy atom. The van der Waals surface area contributed by atoms with E-state index in [1.165, 1.54) is 10.6 Å². The standard InChI is InChI=1S/C15H28N2O3S/c1-14(2)12-7-8-15(14,13(18)11-12)17(21(5,19)20)10-6-9-16(3)4/h12H,6-11H2,1-5H3/t12-,15+/m0/s1. The second-order valence-electron chi connectivity index (χ2n) is 7.44. The third kappa shape index (κ3) is 2.55. The Kier molecular flexibility index (Phi) is 4.28. The molecule has 2 fully saturated rings. The maximum Gasteiger partial charge on any atom is 0.212 e. The molecule has 0 unspecified atom stereocenters. The largest absolute Gasteiger partial charge is 0.309 e. The van der Waals surface area contributed by atoms with Crippen LogP contribution in [-0.4, -0.2) is 62.4 Å². The van der Waals surface area contributed by atoms with Gasteiger partial charge in [-0.05, 0) is 51.2 Å². The lowest BCUT2D eigenvalue weighted by molar-refractivity contribution is -0.129. The van der Waals surface area contributed by atoms with Gasteiger partial charge in [0.1, 0.15) is 0 Å². The molecule has 0 heterocycles. The number of Topliss-reactive ketones (excluding diaryl/α,β-unsaturated/α-hetero) is 1. The van der Waals surface area contributed by atoms with Crippen molar-refractivity contribution in [2.45, 2.75) is 45.1 Å². The van der Waals surface area contributed by atoms with Gasteiger partial charge in [-0.2, -0.15) is 4.31 Å². The van der Waals surface area contributed by atoms with E-state index in [4.69, 9.17) is 0 Å². The first-order valence-corrected chi connectivity index (χ1v) is 9.54. The summed E-state index contributed by atoms with van der Waals surface area (Å²) in [5.74, 6) is 0.446. The molecule has 5 nitrogen and oxygen atoms in total. The molecule has 0 saturated heterocycles. The number of carbonyl (C=O) groups is 1. The van der Waals surface area contributed by atoms with E-state index in [1.54, 1.807) is 0 Å². The molecule has 0 aliphatic heterocycles. The summed E-state index contributed by atoms with van der Waals surface area (Å²) < 4.78 is 26.3. The van der Waals surface area contributed by atoms with Crippen LogP contribution in [0.3, 0.4) is 0 Å². The molecule has 6 heteroatoms. The van der Waals surface area contributed by atoms with Gasteiger partial charge in [0.25, 0.3) is 0 Å². The van der Waals surface area contributed by atoms with Gasteiger partial charge in [-0.15, -0.1) is 0 Å². The third-order valence-electron chi connectivity index (χ3n) is 5.63. The molecule has 0 radical (unpaired) electrons. The summed E-state index contributed by atoms with van der Waals surface area (Å²) in [6.45, 7) is 5.39. The van der Waals surface area contributed by atoms with Crippen LogP contribution < -0.4 is 0 Å². The van der Waals surface area contributed by atoms with E-state index < -0.39 is 15.6 Å². The van der Waals surface area contributed by atoms with E-state index in [1.807, 2.05) is 19.0 Å². The van der Waals surface area contributed by atoms with E-state index >= 15 is 0 Å². The first-order chi connectivity index (χ1) is 9.53. The summed E-state index contributed by atoms with van der Waals surface area (Å²) in [7, 11) is 0.543. The number of ketones is 1. The van der Waals surface area contributed by atoms with Crippen LogP contribution in [0, 0.1) is 11.3 Å². The van der Waals surface area contributed by atoms with E-state index in [2.05, 4.69) is 13.8 Å². The first kappa shape index (κ1) is 16.9. The van der Waals surface area contributed by atoms with Crippen LogP contribution in [0.25, 0.3) is 0 Å². The molecule has 2 atom stereocenters. The SMILES string of the molecule is CN(C)CCCN([C@]12CC[C@@H](CC1=O)C2(C)C)S(C)(=O)=O. The molecule has 0 aromatic carbocycles. The van der Waals surface area contributed by atoms with Crippen LogP contribution in [0.2, 0.25) is 0 Å². The zero-order valence-electron chi connectivity index (χ0n) is 13.8. The number of hydrogen-bond acceptors (Lipinski definition) is 4. The average Bonchev–Trinajstić information content (AvgIpc) is 2.66. The minimum atomic E-state index is -3.40. The number of nitrogens with zero attached hydrogens (tertiary/aromatic N) is 2. The van der Waals surface area contributed by atoms with Gasteiger partial charge < -0.3 is 4.90 Å². The molecule has 0 N–H and O–H groups in total. The number of fused-ring (bicyclic) bond motifs is 2. The van der Waals surface area contributed by atoms with Gasteiger partial charge in [0.2, 0.25) is 10.0 Å². The Morgan fingerprint density at radius 1 is 1.24 bits per heavy atom. The highest BCUT2D eigenvalue weighted by molar-refractivity contribution is 7.88. The Morgan fingerprint density at radius 2 is 1.86 bits per heavy atom. The first-order valence-electron chi connectivity index (χ1n) is 7.69. The number of sulfonamides is 1. The van der Waals surface area contributed by atoms with Crippen LogP contribution in [0.4, 0.5) is 0 Å². The molecule has 2 rings (SSSR count). The predicted molar refractivity (Wildman–Crippen MR) is 83.6 cm³/mol. The van der Waals surface area contributed by atoms with Gasteiger partial charge in [-0.3, -0.25) is 4.79 Å². The van der Waals surface area contributed by atoms with Crippen molar-refractivity contribution in [1.29, 1.82) is 0 Å². The molecular formula is C15H28N2O3S. The quantitative estimate of drug-likeness (QED) is 0.742. The normalized spacial score (nSPS) is 31.6. The third-order valence-corrected chi connectivity index (χ3v) is 6.92. The molecule has 0 aromatic heterocycles. The molecule has 2 bridgehead atoms. The summed E-state index contributed by atoms with van der Waals surface area (Å²) in [5, 5.41) is 0. The summed E-state index contributed by atoms with van der Waals surface area (Å²) in [5.41, 5.74) is -1.07. The molecule has 2 aliphatic carbocycles. The summed E-state index contributed by atoms with van der Waals surface area (Å²) in [6, 6.07) is 0. The van der Waals surface area contributed by atoms with Crippen molar-refractivity contribution in [2.75, 3.05) is 33.4 Å². The van der Waals surface area contributed by atoms with Gasteiger partial charge >= 0.3 is 0 Å². The van der Waals surface area contributed by atoms with Crippen molar-refractivity contribution in [3.05, 3.63) is 0 Å². The van der Waals surface area contributed by atoms with Crippen molar-refractivity contribution in [3.8, 4) is 0 Å². The number of hydrogen-bond donors (Lipinski definition) is 0. The minimum absolute atomic E-state index is 0.124.